The Kier molecular flexibility index (Phi) is 5.66. The molecule has 0 saturated carbocycles. The van der Waals surface area contributed by atoms with Gasteiger partial charge in [0.05, 0.1) is 6.10 Å². The van der Waals surface area contributed by atoms with Crippen molar-refractivity contribution in [2.24, 2.45) is 0 Å². The summed E-state index contributed by atoms with van der Waals surface area (Å²) < 4.78 is 0. The maximum Gasteiger partial charge on any atom is 0.0919 e. The summed E-state index contributed by atoms with van der Waals surface area (Å²) in [5.74, 6) is 0. The molecule has 0 bridgehead atoms. The molecule has 0 spiro atoms. The summed E-state index contributed by atoms with van der Waals surface area (Å²) in [4.78, 5) is 2.30. The van der Waals surface area contributed by atoms with Gasteiger partial charge in [0.25, 0.3) is 0 Å². The topological polar surface area (TPSA) is 23.5 Å². The average molecular weight is 235 g/mol. The lowest BCUT2D eigenvalue weighted by molar-refractivity contribution is 0.115. The maximum atomic E-state index is 10.3. The van der Waals surface area contributed by atoms with E-state index in [1.54, 1.807) is 0 Å². The minimum Gasteiger partial charge on any atom is -0.387 e. The van der Waals surface area contributed by atoms with Gasteiger partial charge in [-0.1, -0.05) is 37.6 Å². The van der Waals surface area contributed by atoms with Crippen LogP contribution >= 0.6 is 0 Å². The van der Waals surface area contributed by atoms with Crippen LogP contribution in [-0.2, 0) is 0 Å². The first-order valence-electron chi connectivity index (χ1n) is 6.56. The Bertz CT molecular complexity index is 349. The van der Waals surface area contributed by atoms with Crippen molar-refractivity contribution in [2.45, 2.75) is 40.2 Å². The van der Waals surface area contributed by atoms with Gasteiger partial charge in [-0.15, -0.1) is 0 Å². The van der Waals surface area contributed by atoms with Crippen molar-refractivity contribution in [3.8, 4) is 0 Å². The second-order valence-corrected chi connectivity index (χ2v) is 4.77. The first-order valence-corrected chi connectivity index (χ1v) is 6.56. The Morgan fingerprint density at radius 3 is 2.47 bits per heavy atom. The quantitative estimate of drug-likeness (QED) is 0.819. The van der Waals surface area contributed by atoms with Crippen molar-refractivity contribution in [3.05, 3.63) is 34.9 Å². The smallest absolute Gasteiger partial charge is 0.0919 e. The fraction of sp³-hybridized carbons (Fsp3) is 0.600. The molecule has 0 heterocycles. The van der Waals surface area contributed by atoms with Crippen molar-refractivity contribution < 1.29 is 5.11 Å². The fourth-order valence-corrected chi connectivity index (χ4v) is 2.24. The molecule has 96 valence electrons. The minimum atomic E-state index is -0.373. The third-order valence-corrected chi connectivity index (χ3v) is 3.20. The number of likely N-dealkylation sites (N-methyl/N-ethyl adjacent to an activating group) is 1. The minimum absolute atomic E-state index is 0.373. The van der Waals surface area contributed by atoms with Gasteiger partial charge in [-0.25, -0.2) is 0 Å². The number of aliphatic hydroxyl groups excluding tert-OH is 1. The summed E-state index contributed by atoms with van der Waals surface area (Å²) in [5.41, 5.74) is 3.49. The lowest BCUT2D eigenvalue weighted by Gasteiger charge is -2.24. The molecule has 1 rings (SSSR count). The van der Waals surface area contributed by atoms with E-state index in [9.17, 15) is 5.11 Å². The normalized spacial score (nSPS) is 13.1. The molecule has 1 aromatic carbocycles. The van der Waals surface area contributed by atoms with Gasteiger partial charge in [0.2, 0.25) is 0 Å². The molecule has 0 aliphatic rings. The Balaban J connectivity index is 2.71. The van der Waals surface area contributed by atoms with Crippen molar-refractivity contribution in [3.63, 3.8) is 0 Å². The van der Waals surface area contributed by atoms with Crippen molar-refractivity contribution in [1.82, 2.24) is 4.90 Å². The predicted octanol–water partition coefficient (Wildman–Crippen LogP) is 3.07. The molecular formula is C15H25NO. The lowest BCUT2D eigenvalue weighted by Crippen LogP contribution is -2.29. The van der Waals surface area contributed by atoms with Crippen LogP contribution in [0.25, 0.3) is 0 Å². The molecule has 17 heavy (non-hydrogen) atoms. The summed E-state index contributed by atoms with van der Waals surface area (Å²) in [5, 5.41) is 10.3. The Labute approximate surface area is 105 Å². The van der Waals surface area contributed by atoms with Crippen LogP contribution in [0, 0.1) is 13.8 Å². The van der Waals surface area contributed by atoms with Crippen LogP contribution in [0.1, 0.15) is 43.1 Å². The van der Waals surface area contributed by atoms with Crippen molar-refractivity contribution in [2.75, 3.05) is 19.6 Å². The summed E-state index contributed by atoms with van der Waals surface area (Å²) in [7, 11) is 0. The number of aryl methyl sites for hydroxylation is 2. The molecule has 0 radical (unpaired) electrons. The Hall–Kier alpha value is -0.860. The standard InChI is InChI=1S/C15H25NO/c1-5-9-16(6-2)11-15(17)14-8-7-12(3)10-13(14)4/h7-8,10,15,17H,5-6,9,11H2,1-4H3. The highest BCUT2D eigenvalue weighted by Gasteiger charge is 2.13. The van der Waals surface area contributed by atoms with Gasteiger partial charge >= 0.3 is 0 Å². The van der Waals surface area contributed by atoms with Crippen LogP contribution in [0.15, 0.2) is 18.2 Å². The SMILES string of the molecule is CCCN(CC)CC(O)c1ccc(C)cc1C. The third-order valence-electron chi connectivity index (χ3n) is 3.20. The fourth-order valence-electron chi connectivity index (χ4n) is 2.24. The van der Waals surface area contributed by atoms with Gasteiger partial charge in [-0.2, -0.15) is 0 Å². The third kappa shape index (κ3) is 4.14. The van der Waals surface area contributed by atoms with E-state index in [1.165, 1.54) is 11.1 Å². The molecule has 1 atom stereocenters. The zero-order valence-electron chi connectivity index (χ0n) is 11.5. The second-order valence-electron chi connectivity index (χ2n) is 4.77. The van der Waals surface area contributed by atoms with Gasteiger partial charge in [-0.05, 0) is 44.5 Å². The van der Waals surface area contributed by atoms with E-state index in [0.29, 0.717) is 0 Å². The number of rotatable bonds is 6. The van der Waals surface area contributed by atoms with Crippen LogP contribution < -0.4 is 0 Å². The number of aliphatic hydroxyl groups is 1. The number of nitrogens with zero attached hydrogens (tertiary/aromatic N) is 1. The first-order chi connectivity index (χ1) is 8.08. The van der Waals surface area contributed by atoms with Crippen LogP contribution in [0.2, 0.25) is 0 Å². The van der Waals surface area contributed by atoms with E-state index in [-0.39, 0.29) is 6.10 Å². The molecule has 0 fully saturated rings. The zero-order valence-corrected chi connectivity index (χ0v) is 11.5. The van der Waals surface area contributed by atoms with Crippen LogP contribution in [0.3, 0.4) is 0 Å². The Morgan fingerprint density at radius 2 is 1.94 bits per heavy atom. The summed E-state index contributed by atoms with van der Waals surface area (Å²) in [6, 6.07) is 6.26. The van der Waals surface area contributed by atoms with Crippen LogP contribution in [-0.4, -0.2) is 29.6 Å². The van der Waals surface area contributed by atoms with E-state index in [2.05, 4.69) is 50.8 Å². The summed E-state index contributed by atoms with van der Waals surface area (Å²) in [6.45, 7) is 11.2. The lowest BCUT2D eigenvalue weighted by atomic mass is 10.0. The highest BCUT2D eigenvalue weighted by atomic mass is 16.3. The highest BCUT2D eigenvalue weighted by Crippen LogP contribution is 2.19. The molecule has 0 aliphatic carbocycles. The van der Waals surface area contributed by atoms with E-state index in [4.69, 9.17) is 0 Å². The van der Waals surface area contributed by atoms with Crippen molar-refractivity contribution >= 4 is 0 Å². The molecule has 2 heteroatoms. The van der Waals surface area contributed by atoms with Gasteiger partial charge in [0.1, 0.15) is 0 Å². The van der Waals surface area contributed by atoms with Gasteiger partial charge in [0, 0.05) is 6.54 Å². The van der Waals surface area contributed by atoms with E-state index < -0.39 is 0 Å². The van der Waals surface area contributed by atoms with Crippen LogP contribution in [0.4, 0.5) is 0 Å². The molecule has 0 amide bonds. The Morgan fingerprint density at radius 1 is 1.24 bits per heavy atom. The maximum absolute atomic E-state index is 10.3. The monoisotopic (exact) mass is 235 g/mol. The largest absolute Gasteiger partial charge is 0.387 e. The molecule has 2 nitrogen and oxygen atoms in total. The number of benzene rings is 1. The molecule has 0 aromatic heterocycles. The first kappa shape index (κ1) is 14.2. The summed E-state index contributed by atoms with van der Waals surface area (Å²) in [6.07, 6.45) is 0.759. The van der Waals surface area contributed by atoms with Gasteiger partial charge in [-0.3, -0.25) is 0 Å². The molecule has 1 N–H and O–H groups in total. The second kappa shape index (κ2) is 6.77. The van der Waals surface area contributed by atoms with Crippen molar-refractivity contribution in [1.29, 1.82) is 0 Å². The van der Waals surface area contributed by atoms with E-state index in [0.717, 1.165) is 31.6 Å². The van der Waals surface area contributed by atoms with Crippen LogP contribution in [0.5, 0.6) is 0 Å². The van der Waals surface area contributed by atoms with Gasteiger partial charge < -0.3 is 10.0 Å². The molecular weight excluding hydrogens is 210 g/mol. The van der Waals surface area contributed by atoms with E-state index in [1.807, 2.05) is 0 Å². The summed E-state index contributed by atoms with van der Waals surface area (Å²) >= 11 is 0. The zero-order chi connectivity index (χ0) is 12.8. The highest BCUT2D eigenvalue weighted by molar-refractivity contribution is 5.32. The predicted molar refractivity (Wildman–Crippen MR) is 73.3 cm³/mol. The molecule has 1 aromatic rings. The average Bonchev–Trinajstić information content (AvgIpc) is 2.28. The molecule has 0 aliphatic heterocycles. The number of hydrogen-bond donors (Lipinski definition) is 1. The van der Waals surface area contributed by atoms with Gasteiger partial charge in [0.15, 0.2) is 0 Å². The molecule has 1 unspecified atom stereocenters. The number of hydrogen-bond acceptors (Lipinski definition) is 2. The van der Waals surface area contributed by atoms with E-state index >= 15 is 0 Å². The molecule has 0 saturated heterocycles.